The molecule has 4 atom stereocenters. The number of aliphatic carboxylic acids is 1. The second-order valence-electron chi connectivity index (χ2n) is 5.33. The van der Waals surface area contributed by atoms with E-state index in [-0.39, 0.29) is 6.42 Å². The molecule has 2 aliphatic carbocycles. The van der Waals surface area contributed by atoms with Crippen molar-refractivity contribution >= 4 is 11.8 Å². The topological polar surface area (TPSA) is 83.6 Å². The van der Waals surface area contributed by atoms with Gasteiger partial charge >= 0.3 is 5.97 Å². The number of carbonyl (C=O) groups excluding carboxylic acids is 1. The Labute approximate surface area is 121 Å². The molecular weight excluding hydrogens is 308 g/mol. The van der Waals surface area contributed by atoms with E-state index < -0.39 is 64.7 Å². The van der Waals surface area contributed by atoms with Gasteiger partial charge in [0, 0.05) is 12.6 Å². The predicted octanol–water partition coefficient (Wildman–Crippen LogP) is 1.24. The third kappa shape index (κ3) is 1.84. The summed E-state index contributed by atoms with van der Waals surface area (Å²) in [6, 6.07) is -2.57. The number of hydrogen-bond donors (Lipinski definition) is 2. The van der Waals surface area contributed by atoms with Gasteiger partial charge in [0.2, 0.25) is 0 Å². The number of rotatable bonds is 2. The summed E-state index contributed by atoms with van der Waals surface area (Å²) in [6.07, 6.45) is -0.616. The smallest absolute Gasteiger partial charge is 0.340 e. The zero-order valence-corrected chi connectivity index (χ0v) is 10.9. The summed E-state index contributed by atoms with van der Waals surface area (Å²) in [7, 11) is 0. The maximum Gasteiger partial charge on any atom is 0.340 e. The van der Waals surface area contributed by atoms with Crippen molar-refractivity contribution in [3.8, 4) is 0 Å². The highest BCUT2D eigenvalue weighted by Crippen LogP contribution is 2.46. The number of carboxylic acids is 1. The number of Topliss-reactive ketones (excluding diaryl/α,β-unsaturated/α-hetero) is 1. The van der Waals surface area contributed by atoms with Crippen molar-refractivity contribution in [3.63, 3.8) is 0 Å². The number of fused-ring (bicyclic) bond motifs is 1. The first-order valence-corrected chi connectivity index (χ1v) is 6.37. The van der Waals surface area contributed by atoms with E-state index in [9.17, 15) is 27.2 Å². The Morgan fingerprint density at radius 1 is 1.32 bits per heavy atom. The second-order valence-corrected chi connectivity index (χ2v) is 5.33. The van der Waals surface area contributed by atoms with Crippen LogP contribution in [0.3, 0.4) is 0 Å². The molecule has 9 heteroatoms. The molecule has 3 N–H and O–H groups in total. The molecule has 0 radical (unpaired) electrons. The maximum absolute atomic E-state index is 14.1. The first-order valence-electron chi connectivity index (χ1n) is 6.37. The van der Waals surface area contributed by atoms with Crippen LogP contribution in [0.1, 0.15) is 6.42 Å². The maximum atomic E-state index is 14.1. The van der Waals surface area contributed by atoms with Gasteiger partial charge in [0.25, 0.3) is 0 Å². The number of carboxylic acid groups (broad SMARTS) is 1. The number of halogens is 4. The highest BCUT2D eigenvalue weighted by atomic mass is 19.2. The molecule has 1 heterocycles. The number of hydrogen-bond acceptors (Lipinski definition) is 4. The molecule has 0 spiro atoms. The van der Waals surface area contributed by atoms with Crippen LogP contribution in [0.25, 0.3) is 0 Å². The molecule has 0 bridgehead atoms. The number of nitrogens with two attached hydrogens (primary N) is 1. The molecule has 0 aromatic rings. The summed E-state index contributed by atoms with van der Waals surface area (Å²) >= 11 is 0. The van der Waals surface area contributed by atoms with Gasteiger partial charge in [-0.25, -0.2) is 22.4 Å². The minimum absolute atomic E-state index is 0.0260. The van der Waals surface area contributed by atoms with Crippen LogP contribution in [-0.2, 0) is 9.59 Å². The van der Waals surface area contributed by atoms with Crippen LogP contribution < -0.4 is 5.73 Å². The Balaban J connectivity index is 2.17. The van der Waals surface area contributed by atoms with Crippen LogP contribution in [0.15, 0.2) is 35.0 Å². The molecule has 1 aliphatic heterocycles. The molecule has 3 rings (SSSR count). The Kier molecular flexibility index (Phi) is 3.05. The highest BCUT2D eigenvalue weighted by Gasteiger charge is 2.55. The fourth-order valence-electron chi connectivity index (χ4n) is 2.79. The zero-order chi connectivity index (χ0) is 16.3. The predicted molar refractivity (Wildman–Crippen MR) is 64.7 cm³/mol. The molecule has 1 saturated carbocycles. The van der Waals surface area contributed by atoms with Gasteiger partial charge < -0.3 is 15.7 Å². The van der Waals surface area contributed by atoms with Crippen LogP contribution in [-0.4, -0.2) is 40.0 Å². The molecule has 1 fully saturated rings. The van der Waals surface area contributed by atoms with E-state index in [1.807, 2.05) is 0 Å². The number of nitrogens with zero attached hydrogens (tertiary/aromatic N) is 1. The molecule has 5 nitrogen and oxygen atoms in total. The fraction of sp³-hybridized carbons (Fsp3) is 0.385. The minimum Gasteiger partial charge on any atom is -0.478 e. The van der Waals surface area contributed by atoms with Gasteiger partial charge in [0.1, 0.15) is 11.7 Å². The van der Waals surface area contributed by atoms with Crippen molar-refractivity contribution in [2.75, 3.05) is 0 Å². The highest BCUT2D eigenvalue weighted by molar-refractivity contribution is 6.19. The monoisotopic (exact) mass is 318 g/mol. The van der Waals surface area contributed by atoms with Crippen molar-refractivity contribution in [2.45, 2.75) is 24.7 Å². The summed E-state index contributed by atoms with van der Waals surface area (Å²) < 4.78 is 54.5. The molecule has 0 amide bonds. The summed E-state index contributed by atoms with van der Waals surface area (Å²) in [4.78, 5) is 24.1. The standard InChI is InChI=1S/C13H10F4N2O3/c14-4-1-5(4)19-2-3(13(21)22)12(20)6-10(18)8(16)7(15)9(17)11(6)19/h2,4-6,11H,1,18H2,(H,21,22). The first-order chi connectivity index (χ1) is 10.3. The molecule has 0 aromatic carbocycles. The lowest BCUT2D eigenvalue weighted by Gasteiger charge is -2.40. The van der Waals surface area contributed by atoms with Crippen molar-refractivity contribution in [2.24, 2.45) is 11.7 Å². The van der Waals surface area contributed by atoms with E-state index in [1.54, 1.807) is 0 Å². The van der Waals surface area contributed by atoms with Crippen molar-refractivity contribution in [1.82, 2.24) is 4.90 Å². The molecular formula is C13H10F4N2O3. The third-order valence-electron chi connectivity index (χ3n) is 4.01. The van der Waals surface area contributed by atoms with E-state index in [0.29, 0.717) is 0 Å². The molecule has 0 aromatic heterocycles. The zero-order valence-electron chi connectivity index (χ0n) is 10.9. The Hall–Kier alpha value is -2.32. The molecule has 0 saturated heterocycles. The quantitative estimate of drug-likeness (QED) is 0.591. The van der Waals surface area contributed by atoms with Crippen LogP contribution in [0.2, 0.25) is 0 Å². The summed E-state index contributed by atoms with van der Waals surface area (Å²) in [6.45, 7) is 0. The van der Waals surface area contributed by atoms with Gasteiger partial charge in [0.05, 0.1) is 23.7 Å². The van der Waals surface area contributed by atoms with Crippen LogP contribution in [0.4, 0.5) is 17.6 Å². The average molecular weight is 318 g/mol. The SMILES string of the molecule is NC1=C(F)C(F)=C(F)C2C1C(=O)C(C(=O)O)=CN2C1CC1F. The fourth-order valence-corrected chi connectivity index (χ4v) is 2.79. The van der Waals surface area contributed by atoms with E-state index in [2.05, 4.69) is 0 Å². The number of carbonyl (C=O) groups is 2. The minimum atomic E-state index is -1.85. The summed E-state index contributed by atoms with van der Waals surface area (Å²) in [5.74, 6) is -9.67. The van der Waals surface area contributed by atoms with Crippen LogP contribution in [0.5, 0.6) is 0 Å². The Morgan fingerprint density at radius 2 is 1.91 bits per heavy atom. The van der Waals surface area contributed by atoms with Gasteiger partial charge in [-0.1, -0.05) is 0 Å². The first kappa shape index (κ1) is 14.6. The van der Waals surface area contributed by atoms with Gasteiger partial charge in [-0.3, -0.25) is 4.79 Å². The van der Waals surface area contributed by atoms with Crippen LogP contribution in [0, 0.1) is 5.92 Å². The summed E-state index contributed by atoms with van der Waals surface area (Å²) in [5, 5.41) is 9.01. The van der Waals surface area contributed by atoms with E-state index in [4.69, 9.17) is 10.8 Å². The molecule has 22 heavy (non-hydrogen) atoms. The van der Waals surface area contributed by atoms with Crippen molar-refractivity contribution < 1.29 is 32.3 Å². The average Bonchev–Trinajstić information content (AvgIpc) is 3.18. The Morgan fingerprint density at radius 3 is 2.41 bits per heavy atom. The van der Waals surface area contributed by atoms with Gasteiger partial charge in [0.15, 0.2) is 23.3 Å². The lowest BCUT2D eigenvalue weighted by Crippen LogP contribution is -2.52. The summed E-state index contributed by atoms with van der Waals surface area (Å²) in [5.41, 5.74) is 3.70. The normalized spacial score (nSPS) is 34.6. The van der Waals surface area contributed by atoms with Crippen molar-refractivity contribution in [1.29, 1.82) is 0 Å². The lowest BCUT2D eigenvalue weighted by atomic mass is 9.80. The molecule has 118 valence electrons. The lowest BCUT2D eigenvalue weighted by molar-refractivity contribution is -0.136. The molecule has 3 aliphatic rings. The van der Waals surface area contributed by atoms with Gasteiger partial charge in [-0.2, -0.15) is 0 Å². The second kappa shape index (κ2) is 4.59. The third-order valence-corrected chi connectivity index (χ3v) is 4.01. The van der Waals surface area contributed by atoms with Crippen LogP contribution >= 0.6 is 0 Å². The van der Waals surface area contributed by atoms with E-state index in [0.717, 1.165) is 11.1 Å². The Bertz CT molecular complexity index is 685. The number of alkyl halides is 1. The number of allylic oxidation sites excluding steroid dienone is 2. The largest absolute Gasteiger partial charge is 0.478 e. The van der Waals surface area contributed by atoms with E-state index >= 15 is 0 Å². The molecule has 4 unspecified atom stereocenters. The van der Waals surface area contributed by atoms with Gasteiger partial charge in [-0.15, -0.1) is 0 Å². The van der Waals surface area contributed by atoms with E-state index in [1.165, 1.54) is 0 Å². The van der Waals surface area contributed by atoms with Crippen molar-refractivity contribution in [3.05, 3.63) is 35.0 Å². The van der Waals surface area contributed by atoms with Gasteiger partial charge in [-0.05, 0) is 0 Å². The number of ketones is 1.